The van der Waals surface area contributed by atoms with Gasteiger partial charge in [-0.2, -0.15) is 0 Å². The lowest BCUT2D eigenvalue weighted by molar-refractivity contribution is 0.102. The topological polar surface area (TPSA) is 138 Å². The van der Waals surface area contributed by atoms with E-state index in [4.69, 9.17) is 19.7 Å². The Labute approximate surface area is 210 Å². The number of nitrogens with zero attached hydrogens (tertiary/aromatic N) is 4. The highest BCUT2D eigenvalue weighted by Crippen LogP contribution is 2.32. The van der Waals surface area contributed by atoms with Crippen molar-refractivity contribution in [3.8, 4) is 5.88 Å². The van der Waals surface area contributed by atoms with Crippen LogP contribution in [0.4, 0.5) is 14.5 Å². The van der Waals surface area contributed by atoms with E-state index in [9.17, 15) is 13.6 Å². The Balaban J connectivity index is 1.71. The minimum absolute atomic E-state index is 0.0409. The molecule has 192 valence electrons. The number of benzene rings is 1. The average Bonchev–Trinajstić information content (AvgIpc) is 3.26. The van der Waals surface area contributed by atoms with Crippen LogP contribution >= 0.6 is 11.8 Å². The Morgan fingerprint density at radius 1 is 1.28 bits per heavy atom. The van der Waals surface area contributed by atoms with Gasteiger partial charge in [-0.3, -0.25) is 9.79 Å². The van der Waals surface area contributed by atoms with Gasteiger partial charge in [-0.1, -0.05) is 16.9 Å². The van der Waals surface area contributed by atoms with Gasteiger partial charge >= 0.3 is 0 Å². The Morgan fingerprint density at radius 2 is 2.06 bits per heavy atom. The zero-order valence-corrected chi connectivity index (χ0v) is 21.0. The maximum Gasteiger partial charge on any atom is 0.275 e. The molecule has 3 rings (SSSR count). The monoisotopic (exact) mass is 520 g/mol. The second-order valence-corrected chi connectivity index (χ2v) is 9.67. The molecule has 0 spiro atoms. The Kier molecular flexibility index (Phi) is 8.93. The summed E-state index contributed by atoms with van der Waals surface area (Å²) in [5, 5.41) is 6.60. The van der Waals surface area contributed by atoms with E-state index in [1.54, 1.807) is 19.9 Å². The molecular weight excluding hydrogens is 494 g/mol. The van der Waals surface area contributed by atoms with Crippen LogP contribution in [-0.2, 0) is 17.8 Å². The molecule has 1 aromatic carbocycles. The fourth-order valence-corrected chi connectivity index (χ4v) is 4.31. The van der Waals surface area contributed by atoms with Gasteiger partial charge in [0.25, 0.3) is 5.91 Å². The first-order chi connectivity index (χ1) is 17.1. The molecule has 0 saturated carbocycles. The fraction of sp³-hybridized carbons (Fsp3) is 0.348. The predicted molar refractivity (Wildman–Crippen MR) is 131 cm³/mol. The number of carbonyl (C=O) groups is 1. The van der Waals surface area contributed by atoms with E-state index in [1.165, 1.54) is 44.4 Å². The number of anilines is 1. The molecular formula is C23H26F2N6O4S. The third kappa shape index (κ3) is 7.21. The zero-order valence-electron chi connectivity index (χ0n) is 20.2. The first kappa shape index (κ1) is 27.0. The number of hydrogen-bond acceptors (Lipinski definition) is 9. The minimum Gasteiger partial charge on any atom is -0.470 e. The van der Waals surface area contributed by atoms with Crippen molar-refractivity contribution >= 4 is 28.5 Å². The molecule has 0 aliphatic heterocycles. The summed E-state index contributed by atoms with van der Waals surface area (Å²) in [6.07, 6.45) is 2.54. The first-order valence-electron chi connectivity index (χ1n) is 10.7. The van der Waals surface area contributed by atoms with E-state index in [1.807, 2.05) is 0 Å². The van der Waals surface area contributed by atoms with E-state index in [0.29, 0.717) is 11.5 Å². The number of ether oxygens (including phenoxy) is 2. The van der Waals surface area contributed by atoms with Crippen LogP contribution < -0.4 is 15.8 Å². The van der Waals surface area contributed by atoms with E-state index >= 15 is 0 Å². The van der Waals surface area contributed by atoms with Crippen molar-refractivity contribution in [3.63, 3.8) is 0 Å². The summed E-state index contributed by atoms with van der Waals surface area (Å²) >= 11 is 1.19. The lowest BCUT2D eigenvalue weighted by Crippen LogP contribution is -2.33. The zero-order chi connectivity index (χ0) is 26.3. The number of aryl methyl sites for hydroxylation is 1. The summed E-state index contributed by atoms with van der Waals surface area (Å²) < 4.78 is 43.9. The minimum atomic E-state index is -1.11. The molecule has 1 amide bonds. The van der Waals surface area contributed by atoms with Crippen molar-refractivity contribution < 1.29 is 27.6 Å². The molecule has 0 saturated heterocycles. The van der Waals surface area contributed by atoms with Crippen LogP contribution in [0.25, 0.3) is 0 Å². The Bertz CT molecular complexity index is 1240. The maximum absolute atomic E-state index is 14.6. The van der Waals surface area contributed by atoms with E-state index in [0.717, 1.165) is 6.07 Å². The predicted octanol–water partition coefficient (Wildman–Crippen LogP) is 3.51. The molecule has 0 radical (unpaired) electrons. The molecule has 3 aromatic rings. The van der Waals surface area contributed by atoms with Gasteiger partial charge < -0.3 is 25.0 Å². The number of halogens is 2. The van der Waals surface area contributed by atoms with Crippen LogP contribution in [0, 0.1) is 18.6 Å². The van der Waals surface area contributed by atoms with Crippen molar-refractivity contribution in [1.82, 2.24) is 15.1 Å². The number of nitrogens with one attached hydrogen (secondary N) is 1. The molecule has 3 N–H and O–H groups in total. The van der Waals surface area contributed by atoms with Gasteiger partial charge in [-0.05, 0) is 31.9 Å². The highest BCUT2D eigenvalue weighted by molar-refractivity contribution is 8.15. The van der Waals surface area contributed by atoms with Crippen molar-refractivity contribution in [2.75, 3.05) is 26.1 Å². The number of hydrogen-bond donors (Lipinski definition) is 2. The standard InChI is InChI=1S/C23H26F2N6O4S/c1-13-5-16(31-35-13)11-34-19-10-28-18(9-29-19)21(32)30-15-6-14(20(25)17(24)7-15)8-23(2,12-33-4)36-22(26)27-3/h5-7,9-10H,8,11-12H2,1-4H3,(H2,26,27)(H,30,32)/t23-/m1/s1. The van der Waals surface area contributed by atoms with Crippen LogP contribution in [0.1, 0.15) is 34.4 Å². The van der Waals surface area contributed by atoms with E-state index < -0.39 is 22.3 Å². The lowest BCUT2D eigenvalue weighted by atomic mass is 9.99. The van der Waals surface area contributed by atoms with Gasteiger partial charge in [0.15, 0.2) is 16.8 Å². The summed E-state index contributed by atoms with van der Waals surface area (Å²) in [6.45, 7) is 3.87. The molecule has 2 heterocycles. The molecule has 0 aliphatic rings. The van der Waals surface area contributed by atoms with Crippen molar-refractivity contribution in [1.29, 1.82) is 0 Å². The summed E-state index contributed by atoms with van der Waals surface area (Å²) in [5.41, 5.74) is 6.47. The van der Waals surface area contributed by atoms with Crippen LogP contribution in [0.3, 0.4) is 0 Å². The van der Waals surface area contributed by atoms with Gasteiger partial charge in [0.2, 0.25) is 5.88 Å². The van der Waals surface area contributed by atoms with Gasteiger partial charge in [0.05, 0.1) is 19.0 Å². The normalized spacial score (nSPS) is 13.3. The number of methoxy groups -OCH3 is 1. The number of nitrogens with two attached hydrogens (primary N) is 1. The van der Waals surface area contributed by atoms with Crippen LogP contribution in [-0.4, -0.2) is 51.7 Å². The second-order valence-electron chi connectivity index (χ2n) is 8.07. The first-order valence-corrected chi connectivity index (χ1v) is 11.5. The van der Waals surface area contributed by atoms with E-state index in [-0.39, 0.29) is 47.6 Å². The molecule has 0 bridgehead atoms. The lowest BCUT2D eigenvalue weighted by Gasteiger charge is -2.28. The quantitative estimate of drug-likeness (QED) is 0.304. The van der Waals surface area contributed by atoms with E-state index in [2.05, 4.69) is 25.4 Å². The molecule has 13 heteroatoms. The largest absolute Gasteiger partial charge is 0.470 e. The van der Waals surface area contributed by atoms with Crippen LogP contribution in [0.5, 0.6) is 5.88 Å². The number of carbonyl (C=O) groups excluding carboxylic acids is 1. The molecule has 0 fully saturated rings. The summed E-state index contributed by atoms with van der Waals surface area (Å²) in [5.74, 6) is -1.97. The molecule has 2 aromatic heterocycles. The smallest absolute Gasteiger partial charge is 0.275 e. The number of aromatic nitrogens is 3. The van der Waals surface area contributed by atoms with Gasteiger partial charge in [-0.15, -0.1) is 0 Å². The summed E-state index contributed by atoms with van der Waals surface area (Å²) in [4.78, 5) is 24.6. The Hall–Kier alpha value is -3.58. The SMILES string of the molecule is CN=C(N)S[C@@](C)(COC)Cc1cc(NC(=O)c2cnc(OCc3cc(C)on3)cn2)cc(F)c1F. The third-order valence-electron chi connectivity index (χ3n) is 4.85. The second kappa shape index (κ2) is 11.9. The Morgan fingerprint density at radius 3 is 2.67 bits per heavy atom. The van der Waals surface area contributed by atoms with Crippen molar-refractivity contribution in [3.05, 3.63) is 64.9 Å². The maximum atomic E-state index is 14.6. The molecule has 0 aliphatic carbocycles. The molecule has 36 heavy (non-hydrogen) atoms. The fourth-order valence-electron chi connectivity index (χ4n) is 3.31. The van der Waals surface area contributed by atoms with Gasteiger partial charge in [0, 0.05) is 36.7 Å². The highest BCUT2D eigenvalue weighted by Gasteiger charge is 2.30. The van der Waals surface area contributed by atoms with Crippen molar-refractivity contribution in [2.24, 2.45) is 10.7 Å². The average molecular weight is 521 g/mol. The molecule has 1 atom stereocenters. The van der Waals surface area contributed by atoms with Crippen LogP contribution in [0.2, 0.25) is 0 Å². The third-order valence-corrected chi connectivity index (χ3v) is 6.00. The summed E-state index contributed by atoms with van der Waals surface area (Å²) in [6, 6.07) is 3.97. The summed E-state index contributed by atoms with van der Waals surface area (Å²) in [7, 11) is 3.03. The van der Waals surface area contributed by atoms with Crippen LogP contribution in [0.15, 0.2) is 40.1 Å². The number of amides is 1. The molecule has 0 unspecified atom stereocenters. The number of rotatable bonds is 10. The van der Waals surface area contributed by atoms with Crippen molar-refractivity contribution in [2.45, 2.75) is 31.6 Å². The number of amidine groups is 1. The highest BCUT2D eigenvalue weighted by atomic mass is 32.2. The molecule has 10 nitrogen and oxygen atoms in total. The van der Waals surface area contributed by atoms with Gasteiger partial charge in [0.1, 0.15) is 23.8 Å². The number of aliphatic imine (C=N–C) groups is 1. The number of thioether (sulfide) groups is 1. The van der Waals surface area contributed by atoms with Gasteiger partial charge in [-0.25, -0.2) is 18.7 Å².